The molecule has 5 heteroatoms. The van der Waals surface area contributed by atoms with Crippen molar-refractivity contribution in [2.45, 2.75) is 45.4 Å². The number of amides is 1. The van der Waals surface area contributed by atoms with Gasteiger partial charge in [-0.15, -0.1) is 0 Å². The van der Waals surface area contributed by atoms with Crippen molar-refractivity contribution in [1.82, 2.24) is 5.32 Å². The topological polar surface area (TPSA) is 81.4 Å². The number of nitrogens with one attached hydrogen (secondary N) is 1. The fraction of sp³-hybridized carbons (Fsp3) is 0.857. The third kappa shape index (κ3) is 6.05. The van der Waals surface area contributed by atoms with E-state index < -0.39 is 0 Å². The molecule has 1 aliphatic carbocycles. The maximum absolute atomic E-state index is 11.9. The molecule has 0 bridgehead atoms. The van der Waals surface area contributed by atoms with Gasteiger partial charge >= 0.3 is 5.97 Å². The number of nitrogens with two attached hydrogens (primary N) is 1. The molecule has 0 atom stereocenters. The van der Waals surface area contributed by atoms with Gasteiger partial charge in [-0.1, -0.05) is 0 Å². The summed E-state index contributed by atoms with van der Waals surface area (Å²) in [6.45, 7) is 3.48. The number of carbonyl (C=O) groups is 2. The van der Waals surface area contributed by atoms with Gasteiger partial charge in [0.1, 0.15) is 0 Å². The van der Waals surface area contributed by atoms with Gasteiger partial charge < -0.3 is 15.8 Å². The zero-order valence-corrected chi connectivity index (χ0v) is 11.8. The van der Waals surface area contributed by atoms with Gasteiger partial charge in [-0.05, 0) is 51.5 Å². The van der Waals surface area contributed by atoms with Crippen LogP contribution in [0.25, 0.3) is 0 Å². The minimum Gasteiger partial charge on any atom is -0.466 e. The highest BCUT2D eigenvalue weighted by Crippen LogP contribution is 2.28. The summed E-state index contributed by atoms with van der Waals surface area (Å²) in [5.41, 5.74) is 5.63. The Hall–Kier alpha value is -1.10. The molecular weight excluding hydrogens is 244 g/mol. The number of hydrogen-bond acceptors (Lipinski definition) is 4. The van der Waals surface area contributed by atoms with Crippen LogP contribution in [-0.4, -0.2) is 31.6 Å². The Morgan fingerprint density at radius 1 is 1.26 bits per heavy atom. The number of rotatable bonds is 7. The molecule has 0 aromatic carbocycles. The van der Waals surface area contributed by atoms with E-state index in [0.29, 0.717) is 31.9 Å². The van der Waals surface area contributed by atoms with Gasteiger partial charge in [0.05, 0.1) is 6.61 Å². The zero-order valence-electron chi connectivity index (χ0n) is 11.8. The van der Waals surface area contributed by atoms with E-state index in [2.05, 4.69) is 5.32 Å². The van der Waals surface area contributed by atoms with Gasteiger partial charge in [0.2, 0.25) is 5.91 Å². The van der Waals surface area contributed by atoms with Crippen LogP contribution in [-0.2, 0) is 14.3 Å². The molecule has 0 unspecified atom stereocenters. The summed E-state index contributed by atoms with van der Waals surface area (Å²) in [6, 6.07) is 0. The van der Waals surface area contributed by atoms with E-state index in [0.717, 1.165) is 32.2 Å². The van der Waals surface area contributed by atoms with Crippen molar-refractivity contribution in [3.05, 3.63) is 0 Å². The van der Waals surface area contributed by atoms with Crippen LogP contribution in [0.5, 0.6) is 0 Å². The van der Waals surface area contributed by atoms with E-state index in [1.54, 1.807) is 6.92 Å². The van der Waals surface area contributed by atoms with Crippen LogP contribution in [0.3, 0.4) is 0 Å². The van der Waals surface area contributed by atoms with Gasteiger partial charge in [-0.3, -0.25) is 9.59 Å². The molecule has 0 aliphatic heterocycles. The summed E-state index contributed by atoms with van der Waals surface area (Å²) in [4.78, 5) is 23.0. The number of esters is 1. The van der Waals surface area contributed by atoms with Gasteiger partial charge in [0, 0.05) is 18.9 Å². The number of carbonyl (C=O) groups excluding carboxylic acids is 2. The summed E-state index contributed by atoms with van der Waals surface area (Å²) < 4.78 is 4.83. The van der Waals surface area contributed by atoms with Crippen LogP contribution in [0.4, 0.5) is 0 Å². The lowest BCUT2D eigenvalue weighted by atomic mass is 9.81. The Bertz CT molecular complexity index is 286. The minimum absolute atomic E-state index is 0.124. The zero-order chi connectivity index (χ0) is 14.1. The van der Waals surface area contributed by atoms with Crippen molar-refractivity contribution in [1.29, 1.82) is 0 Å². The van der Waals surface area contributed by atoms with Gasteiger partial charge in [0.15, 0.2) is 0 Å². The van der Waals surface area contributed by atoms with Crippen LogP contribution in [0.15, 0.2) is 0 Å². The summed E-state index contributed by atoms with van der Waals surface area (Å²) in [5.74, 6) is 0.651. The van der Waals surface area contributed by atoms with Crippen molar-refractivity contribution in [3.63, 3.8) is 0 Å². The minimum atomic E-state index is -0.194. The molecule has 0 aromatic heterocycles. The molecule has 0 aromatic rings. The molecule has 1 aliphatic rings. The Balaban J connectivity index is 2.10. The molecule has 1 saturated carbocycles. The highest BCUT2D eigenvalue weighted by molar-refractivity contribution is 5.78. The first-order chi connectivity index (χ1) is 9.17. The van der Waals surface area contributed by atoms with Crippen LogP contribution < -0.4 is 11.1 Å². The highest BCUT2D eigenvalue weighted by Gasteiger charge is 2.25. The summed E-state index contributed by atoms with van der Waals surface area (Å²) in [7, 11) is 0. The van der Waals surface area contributed by atoms with E-state index in [9.17, 15) is 9.59 Å². The SMILES string of the molecule is CCOC(=O)CCCNC(=O)C1CCC(CN)CC1. The molecule has 1 amide bonds. The fourth-order valence-electron chi connectivity index (χ4n) is 2.48. The van der Waals surface area contributed by atoms with Crippen molar-refractivity contribution >= 4 is 11.9 Å². The monoisotopic (exact) mass is 270 g/mol. The van der Waals surface area contributed by atoms with E-state index >= 15 is 0 Å². The molecule has 5 nitrogen and oxygen atoms in total. The maximum Gasteiger partial charge on any atom is 0.305 e. The second-order valence-corrected chi connectivity index (χ2v) is 5.15. The van der Waals surface area contributed by atoms with Crippen LogP contribution >= 0.6 is 0 Å². The van der Waals surface area contributed by atoms with Gasteiger partial charge in [-0.25, -0.2) is 0 Å². The Labute approximate surface area is 115 Å². The maximum atomic E-state index is 11.9. The van der Waals surface area contributed by atoms with Crippen molar-refractivity contribution in [3.8, 4) is 0 Å². The second-order valence-electron chi connectivity index (χ2n) is 5.15. The van der Waals surface area contributed by atoms with E-state index in [-0.39, 0.29) is 17.8 Å². The molecule has 19 heavy (non-hydrogen) atoms. The molecular formula is C14H26N2O3. The van der Waals surface area contributed by atoms with E-state index in [4.69, 9.17) is 10.5 Å². The summed E-state index contributed by atoms with van der Waals surface area (Å²) in [6.07, 6.45) is 4.99. The smallest absolute Gasteiger partial charge is 0.305 e. The summed E-state index contributed by atoms with van der Waals surface area (Å²) >= 11 is 0. The average Bonchev–Trinajstić information content (AvgIpc) is 2.44. The lowest BCUT2D eigenvalue weighted by Gasteiger charge is -2.26. The highest BCUT2D eigenvalue weighted by atomic mass is 16.5. The van der Waals surface area contributed by atoms with Crippen LogP contribution in [0, 0.1) is 11.8 Å². The predicted octanol–water partition coefficient (Wildman–Crippen LogP) is 1.21. The lowest BCUT2D eigenvalue weighted by molar-refractivity contribution is -0.143. The molecule has 3 N–H and O–H groups in total. The molecule has 1 fully saturated rings. The predicted molar refractivity (Wildman–Crippen MR) is 73.4 cm³/mol. The third-order valence-corrected chi connectivity index (χ3v) is 3.71. The van der Waals surface area contributed by atoms with Crippen molar-refractivity contribution in [2.24, 2.45) is 17.6 Å². The normalized spacial score (nSPS) is 22.8. The Kier molecular flexibility index (Phi) is 7.48. The first kappa shape index (κ1) is 16.0. The fourth-order valence-corrected chi connectivity index (χ4v) is 2.48. The van der Waals surface area contributed by atoms with Crippen LogP contribution in [0.2, 0.25) is 0 Å². The first-order valence-corrected chi connectivity index (χ1v) is 7.30. The molecule has 0 spiro atoms. The van der Waals surface area contributed by atoms with Crippen molar-refractivity contribution < 1.29 is 14.3 Å². The molecule has 1 rings (SSSR count). The third-order valence-electron chi connectivity index (χ3n) is 3.71. The largest absolute Gasteiger partial charge is 0.466 e. The quantitative estimate of drug-likeness (QED) is 0.538. The second kappa shape index (κ2) is 8.91. The number of hydrogen-bond donors (Lipinski definition) is 2. The molecule has 110 valence electrons. The molecule has 0 heterocycles. The van der Waals surface area contributed by atoms with Crippen LogP contribution in [0.1, 0.15) is 45.4 Å². The van der Waals surface area contributed by atoms with E-state index in [1.807, 2.05) is 0 Å². The standard InChI is InChI=1S/C14H26N2O3/c1-2-19-13(17)4-3-9-16-14(18)12-7-5-11(10-15)6-8-12/h11-12H,2-10,15H2,1H3,(H,16,18). The van der Waals surface area contributed by atoms with Gasteiger partial charge in [-0.2, -0.15) is 0 Å². The van der Waals surface area contributed by atoms with Gasteiger partial charge in [0.25, 0.3) is 0 Å². The molecule has 0 radical (unpaired) electrons. The lowest BCUT2D eigenvalue weighted by Crippen LogP contribution is -2.34. The number of ether oxygens (including phenoxy) is 1. The van der Waals surface area contributed by atoms with E-state index in [1.165, 1.54) is 0 Å². The Morgan fingerprint density at radius 2 is 1.95 bits per heavy atom. The summed E-state index contributed by atoms with van der Waals surface area (Å²) in [5, 5.41) is 2.90. The van der Waals surface area contributed by atoms with Crippen molar-refractivity contribution in [2.75, 3.05) is 19.7 Å². The Morgan fingerprint density at radius 3 is 2.53 bits per heavy atom. The average molecular weight is 270 g/mol. The molecule has 0 saturated heterocycles. The first-order valence-electron chi connectivity index (χ1n) is 7.30.